The van der Waals surface area contributed by atoms with E-state index in [9.17, 15) is 0 Å². The molecule has 3 heteroatoms. The van der Waals surface area contributed by atoms with Gasteiger partial charge in [0, 0.05) is 10.5 Å². The number of hydrogen-bond donors (Lipinski definition) is 1. The summed E-state index contributed by atoms with van der Waals surface area (Å²) in [6, 6.07) is 6.53. The predicted octanol–water partition coefficient (Wildman–Crippen LogP) is 3.91. The molecule has 0 heterocycles. The highest BCUT2D eigenvalue weighted by Gasteiger charge is 2.09. The molecule has 0 amide bonds. The van der Waals surface area contributed by atoms with E-state index in [1.165, 1.54) is 5.56 Å². The number of nitrogens with one attached hydrogen (secondary N) is 1. The predicted molar refractivity (Wildman–Crippen MR) is 72.0 cm³/mol. The van der Waals surface area contributed by atoms with Gasteiger partial charge in [-0.15, -0.1) is 0 Å². The van der Waals surface area contributed by atoms with Crippen molar-refractivity contribution in [3.8, 4) is 5.75 Å². The minimum Gasteiger partial charge on any atom is -0.494 e. The Morgan fingerprint density at radius 2 is 2.12 bits per heavy atom. The van der Waals surface area contributed by atoms with Crippen LogP contribution in [0.25, 0.3) is 0 Å². The second kappa shape index (κ2) is 6.92. The fraction of sp³-hybridized carbons (Fsp3) is 0.538. The van der Waals surface area contributed by atoms with Gasteiger partial charge in [0.05, 0.1) is 6.61 Å². The summed E-state index contributed by atoms with van der Waals surface area (Å²) in [6.45, 7) is 8.09. The molecule has 1 atom stereocenters. The Kier molecular flexibility index (Phi) is 5.85. The van der Waals surface area contributed by atoms with E-state index in [1.807, 2.05) is 19.1 Å². The maximum absolute atomic E-state index is 5.45. The summed E-state index contributed by atoms with van der Waals surface area (Å²) in [6.07, 6.45) is 1.15. The number of hydrogen-bond acceptors (Lipinski definition) is 2. The minimum absolute atomic E-state index is 0.366. The van der Waals surface area contributed by atoms with E-state index in [1.54, 1.807) is 0 Å². The van der Waals surface area contributed by atoms with E-state index >= 15 is 0 Å². The molecule has 1 aromatic rings. The lowest BCUT2D eigenvalue weighted by molar-refractivity contribution is 0.340. The molecule has 0 saturated heterocycles. The molecule has 0 aliphatic heterocycles. The van der Waals surface area contributed by atoms with Crippen molar-refractivity contribution in [2.24, 2.45) is 0 Å². The van der Waals surface area contributed by atoms with Crippen LogP contribution >= 0.6 is 15.9 Å². The van der Waals surface area contributed by atoms with Crippen molar-refractivity contribution < 1.29 is 4.74 Å². The van der Waals surface area contributed by atoms with Gasteiger partial charge in [0.2, 0.25) is 0 Å². The Morgan fingerprint density at radius 1 is 1.38 bits per heavy atom. The van der Waals surface area contributed by atoms with Gasteiger partial charge in [0.1, 0.15) is 5.75 Å². The maximum atomic E-state index is 5.45. The van der Waals surface area contributed by atoms with Gasteiger partial charge in [-0.3, -0.25) is 0 Å². The number of rotatable bonds is 6. The SMILES string of the molecule is CCCNC(C)c1ccc(OCC)cc1Br. The quantitative estimate of drug-likeness (QED) is 0.856. The number of ether oxygens (including phenoxy) is 1. The summed E-state index contributed by atoms with van der Waals surface area (Å²) in [5.41, 5.74) is 1.27. The van der Waals surface area contributed by atoms with Crippen LogP contribution in [0.1, 0.15) is 38.8 Å². The standard InChI is InChI=1S/C13H20BrNO/c1-4-8-15-10(3)12-7-6-11(16-5-2)9-13(12)14/h6-7,9-10,15H,4-5,8H2,1-3H3. The molecule has 0 spiro atoms. The summed E-state index contributed by atoms with van der Waals surface area (Å²) in [5, 5.41) is 3.47. The third-order valence-corrected chi connectivity index (χ3v) is 3.14. The first-order valence-corrected chi connectivity index (χ1v) is 6.64. The normalized spacial score (nSPS) is 12.5. The first kappa shape index (κ1) is 13.5. The van der Waals surface area contributed by atoms with Gasteiger partial charge in [-0.05, 0) is 44.5 Å². The first-order valence-electron chi connectivity index (χ1n) is 5.84. The summed E-state index contributed by atoms with van der Waals surface area (Å²) < 4.78 is 6.56. The van der Waals surface area contributed by atoms with Crippen LogP contribution in [-0.4, -0.2) is 13.2 Å². The van der Waals surface area contributed by atoms with Crippen LogP contribution in [0, 0.1) is 0 Å². The van der Waals surface area contributed by atoms with Gasteiger partial charge in [-0.2, -0.15) is 0 Å². The fourth-order valence-corrected chi connectivity index (χ4v) is 2.29. The Morgan fingerprint density at radius 3 is 2.69 bits per heavy atom. The molecule has 0 bridgehead atoms. The van der Waals surface area contributed by atoms with Gasteiger partial charge in [0.15, 0.2) is 0 Å². The molecule has 0 saturated carbocycles. The highest BCUT2D eigenvalue weighted by atomic mass is 79.9. The second-order valence-corrected chi connectivity index (χ2v) is 4.65. The fourth-order valence-electron chi connectivity index (χ4n) is 1.59. The Hall–Kier alpha value is -0.540. The van der Waals surface area contributed by atoms with Crippen LogP contribution in [0.2, 0.25) is 0 Å². The maximum Gasteiger partial charge on any atom is 0.120 e. The third-order valence-electron chi connectivity index (χ3n) is 2.45. The van der Waals surface area contributed by atoms with Gasteiger partial charge in [-0.1, -0.05) is 28.9 Å². The van der Waals surface area contributed by atoms with Gasteiger partial charge >= 0.3 is 0 Å². The molecule has 1 rings (SSSR count). The van der Waals surface area contributed by atoms with Crippen molar-refractivity contribution >= 4 is 15.9 Å². The van der Waals surface area contributed by atoms with Gasteiger partial charge < -0.3 is 10.1 Å². The molecule has 0 aliphatic rings. The van der Waals surface area contributed by atoms with Crippen molar-refractivity contribution in [1.82, 2.24) is 5.32 Å². The molecular weight excluding hydrogens is 266 g/mol. The highest BCUT2D eigenvalue weighted by Crippen LogP contribution is 2.27. The monoisotopic (exact) mass is 285 g/mol. The van der Waals surface area contributed by atoms with Gasteiger partial charge in [0.25, 0.3) is 0 Å². The largest absolute Gasteiger partial charge is 0.494 e. The third kappa shape index (κ3) is 3.80. The van der Waals surface area contributed by atoms with Gasteiger partial charge in [-0.25, -0.2) is 0 Å². The van der Waals surface area contributed by atoms with Crippen LogP contribution in [-0.2, 0) is 0 Å². The second-order valence-electron chi connectivity index (χ2n) is 3.79. The summed E-state index contributed by atoms with van der Waals surface area (Å²) in [5.74, 6) is 0.917. The van der Waals surface area contributed by atoms with Crippen molar-refractivity contribution in [3.05, 3.63) is 28.2 Å². The average molecular weight is 286 g/mol. The Balaban J connectivity index is 2.73. The lowest BCUT2D eigenvalue weighted by Gasteiger charge is -2.16. The summed E-state index contributed by atoms with van der Waals surface area (Å²) in [7, 11) is 0. The molecule has 0 radical (unpaired) electrons. The van der Waals surface area contributed by atoms with Crippen LogP contribution in [0.15, 0.2) is 22.7 Å². The first-order chi connectivity index (χ1) is 7.69. The van der Waals surface area contributed by atoms with Crippen LogP contribution in [0.4, 0.5) is 0 Å². The van der Waals surface area contributed by atoms with E-state index in [2.05, 4.69) is 41.2 Å². The smallest absolute Gasteiger partial charge is 0.120 e. The molecule has 1 N–H and O–H groups in total. The summed E-state index contributed by atoms with van der Waals surface area (Å²) in [4.78, 5) is 0. The molecule has 0 aliphatic carbocycles. The highest BCUT2D eigenvalue weighted by molar-refractivity contribution is 9.10. The Labute approximate surface area is 107 Å². The average Bonchev–Trinajstić information content (AvgIpc) is 2.26. The zero-order valence-corrected chi connectivity index (χ0v) is 11.8. The molecule has 1 aromatic carbocycles. The lowest BCUT2D eigenvalue weighted by Crippen LogP contribution is -2.19. The molecule has 2 nitrogen and oxygen atoms in total. The van der Waals surface area contributed by atoms with Crippen LogP contribution in [0.5, 0.6) is 5.75 Å². The number of benzene rings is 1. The van der Waals surface area contributed by atoms with E-state index in [-0.39, 0.29) is 0 Å². The van der Waals surface area contributed by atoms with E-state index in [4.69, 9.17) is 4.74 Å². The zero-order chi connectivity index (χ0) is 12.0. The van der Waals surface area contributed by atoms with E-state index in [0.717, 1.165) is 23.2 Å². The van der Waals surface area contributed by atoms with Crippen LogP contribution < -0.4 is 10.1 Å². The topological polar surface area (TPSA) is 21.3 Å². The Bertz CT molecular complexity index is 328. The van der Waals surface area contributed by atoms with Crippen molar-refractivity contribution in [1.29, 1.82) is 0 Å². The van der Waals surface area contributed by atoms with Crippen molar-refractivity contribution in [2.45, 2.75) is 33.2 Å². The summed E-state index contributed by atoms with van der Waals surface area (Å²) >= 11 is 3.59. The lowest BCUT2D eigenvalue weighted by atomic mass is 10.1. The van der Waals surface area contributed by atoms with Crippen molar-refractivity contribution in [2.75, 3.05) is 13.2 Å². The van der Waals surface area contributed by atoms with E-state index < -0.39 is 0 Å². The minimum atomic E-state index is 0.366. The number of halogens is 1. The zero-order valence-electron chi connectivity index (χ0n) is 10.2. The molecule has 90 valence electrons. The molecule has 0 aromatic heterocycles. The molecular formula is C13H20BrNO. The van der Waals surface area contributed by atoms with Crippen molar-refractivity contribution in [3.63, 3.8) is 0 Å². The molecule has 16 heavy (non-hydrogen) atoms. The van der Waals surface area contributed by atoms with E-state index in [0.29, 0.717) is 12.6 Å². The molecule has 1 unspecified atom stereocenters. The molecule has 0 fully saturated rings. The van der Waals surface area contributed by atoms with Crippen LogP contribution in [0.3, 0.4) is 0 Å².